The molecule has 2 saturated heterocycles. The van der Waals surface area contributed by atoms with Gasteiger partial charge in [0.2, 0.25) is 0 Å². The molecule has 2 unspecified atom stereocenters. The zero-order chi connectivity index (χ0) is 14.5. The maximum atomic E-state index is 5.64. The summed E-state index contributed by atoms with van der Waals surface area (Å²) in [6, 6.07) is 1.39. The molecule has 2 heterocycles. The number of nitrogens with one attached hydrogen (secondary N) is 2. The summed E-state index contributed by atoms with van der Waals surface area (Å²) in [5.74, 6) is 0.911. The van der Waals surface area contributed by atoms with Crippen molar-refractivity contribution in [3.8, 4) is 0 Å². The lowest BCUT2D eigenvalue weighted by atomic mass is 10.3. The van der Waals surface area contributed by atoms with Crippen LogP contribution in [0.4, 0.5) is 0 Å². The van der Waals surface area contributed by atoms with E-state index in [0.29, 0.717) is 32.4 Å². The Hall–Kier alpha value is -0.850. The van der Waals surface area contributed by atoms with Gasteiger partial charge in [0.25, 0.3) is 0 Å². The molecule has 6 heteroatoms. The van der Waals surface area contributed by atoms with Crippen LogP contribution in [0.5, 0.6) is 0 Å². The number of rotatable bonds is 5. The van der Waals surface area contributed by atoms with Crippen molar-refractivity contribution in [3.63, 3.8) is 0 Å². The molecule has 0 amide bonds. The molecule has 2 aliphatic heterocycles. The summed E-state index contributed by atoms with van der Waals surface area (Å²) in [4.78, 5) is 7.27. The van der Waals surface area contributed by atoms with Crippen molar-refractivity contribution in [2.75, 3.05) is 46.0 Å². The minimum Gasteiger partial charge on any atom is -0.376 e. The van der Waals surface area contributed by atoms with Gasteiger partial charge in [-0.3, -0.25) is 9.89 Å². The van der Waals surface area contributed by atoms with E-state index in [-0.39, 0.29) is 6.10 Å². The molecule has 1 aliphatic carbocycles. The average Bonchev–Trinajstić information content (AvgIpc) is 3.26. The van der Waals surface area contributed by atoms with Crippen LogP contribution in [0.25, 0.3) is 0 Å². The van der Waals surface area contributed by atoms with Crippen LogP contribution < -0.4 is 10.6 Å². The van der Waals surface area contributed by atoms with Gasteiger partial charge >= 0.3 is 0 Å². The summed E-state index contributed by atoms with van der Waals surface area (Å²) in [6.07, 6.45) is 4.09. The molecule has 3 aliphatic rings. The fourth-order valence-corrected chi connectivity index (χ4v) is 3.02. The Balaban J connectivity index is 1.46. The van der Waals surface area contributed by atoms with Crippen LogP contribution in [-0.2, 0) is 9.47 Å². The van der Waals surface area contributed by atoms with Crippen LogP contribution in [0.2, 0.25) is 0 Å². The van der Waals surface area contributed by atoms with E-state index in [1.165, 1.54) is 25.8 Å². The number of aliphatic imine (C=N–C) groups is 1. The molecule has 0 radical (unpaired) electrons. The van der Waals surface area contributed by atoms with E-state index in [1.807, 2.05) is 0 Å². The lowest BCUT2D eigenvalue weighted by Crippen LogP contribution is -2.45. The molecule has 1 saturated carbocycles. The monoisotopic (exact) mass is 296 g/mol. The van der Waals surface area contributed by atoms with E-state index in [0.717, 1.165) is 25.1 Å². The van der Waals surface area contributed by atoms with Crippen molar-refractivity contribution in [3.05, 3.63) is 0 Å². The molecule has 0 spiro atoms. The second-order valence-corrected chi connectivity index (χ2v) is 6.14. The SMILES string of the molecule is CCNC(=NCC1COCCO1)NC1CCN(C2CC2)C1. The molecular formula is C15H28N4O2. The first kappa shape index (κ1) is 15.1. The summed E-state index contributed by atoms with van der Waals surface area (Å²) in [7, 11) is 0. The molecule has 0 aromatic heterocycles. The number of likely N-dealkylation sites (tertiary alicyclic amines) is 1. The zero-order valence-electron chi connectivity index (χ0n) is 13.0. The van der Waals surface area contributed by atoms with Crippen molar-refractivity contribution in [1.29, 1.82) is 0 Å². The van der Waals surface area contributed by atoms with Gasteiger partial charge in [-0.05, 0) is 26.2 Å². The van der Waals surface area contributed by atoms with E-state index in [4.69, 9.17) is 9.47 Å². The Labute approximate surface area is 127 Å². The molecule has 6 nitrogen and oxygen atoms in total. The van der Waals surface area contributed by atoms with E-state index < -0.39 is 0 Å². The third-order valence-corrected chi connectivity index (χ3v) is 4.31. The van der Waals surface area contributed by atoms with Crippen molar-refractivity contribution < 1.29 is 9.47 Å². The Morgan fingerprint density at radius 1 is 1.29 bits per heavy atom. The van der Waals surface area contributed by atoms with E-state index in [2.05, 4.69) is 27.4 Å². The lowest BCUT2D eigenvalue weighted by Gasteiger charge is -2.22. The van der Waals surface area contributed by atoms with Crippen molar-refractivity contribution in [1.82, 2.24) is 15.5 Å². The Kier molecular flexibility index (Phi) is 5.32. The number of hydrogen-bond acceptors (Lipinski definition) is 4. The quantitative estimate of drug-likeness (QED) is 0.560. The number of guanidine groups is 1. The first-order valence-electron chi connectivity index (χ1n) is 8.33. The number of ether oxygens (including phenoxy) is 2. The molecule has 2 atom stereocenters. The summed E-state index contributed by atoms with van der Waals surface area (Å²) in [5, 5.41) is 6.90. The molecule has 0 bridgehead atoms. The fraction of sp³-hybridized carbons (Fsp3) is 0.933. The van der Waals surface area contributed by atoms with Crippen LogP contribution in [-0.4, -0.2) is 75.0 Å². The Bertz CT molecular complexity index is 354. The summed E-state index contributed by atoms with van der Waals surface area (Å²) < 4.78 is 11.1. The van der Waals surface area contributed by atoms with Crippen LogP contribution >= 0.6 is 0 Å². The van der Waals surface area contributed by atoms with Crippen LogP contribution in [0.1, 0.15) is 26.2 Å². The highest BCUT2D eigenvalue weighted by Gasteiger charge is 2.34. The smallest absolute Gasteiger partial charge is 0.191 e. The summed E-state index contributed by atoms with van der Waals surface area (Å²) >= 11 is 0. The molecule has 3 fully saturated rings. The highest BCUT2D eigenvalue weighted by Crippen LogP contribution is 2.29. The molecule has 3 rings (SSSR count). The van der Waals surface area contributed by atoms with Crippen molar-refractivity contribution in [2.24, 2.45) is 4.99 Å². The third kappa shape index (κ3) is 4.56. The minimum absolute atomic E-state index is 0.0979. The molecule has 2 N–H and O–H groups in total. The second-order valence-electron chi connectivity index (χ2n) is 6.14. The topological polar surface area (TPSA) is 58.1 Å². The number of nitrogens with zero attached hydrogens (tertiary/aromatic N) is 2. The van der Waals surface area contributed by atoms with E-state index in [9.17, 15) is 0 Å². The van der Waals surface area contributed by atoms with E-state index in [1.54, 1.807) is 0 Å². The van der Waals surface area contributed by atoms with Gasteiger partial charge in [0.05, 0.1) is 26.4 Å². The van der Waals surface area contributed by atoms with Gasteiger partial charge in [0.15, 0.2) is 5.96 Å². The van der Waals surface area contributed by atoms with Gasteiger partial charge in [0.1, 0.15) is 6.10 Å². The third-order valence-electron chi connectivity index (χ3n) is 4.31. The molecule has 0 aromatic carbocycles. The zero-order valence-corrected chi connectivity index (χ0v) is 13.0. The predicted octanol–water partition coefficient (Wildman–Crippen LogP) is 0.194. The largest absolute Gasteiger partial charge is 0.376 e. The van der Waals surface area contributed by atoms with Gasteiger partial charge < -0.3 is 20.1 Å². The normalized spacial score (nSPS) is 31.4. The lowest BCUT2D eigenvalue weighted by molar-refractivity contribution is -0.0832. The first-order valence-corrected chi connectivity index (χ1v) is 8.33. The number of hydrogen-bond donors (Lipinski definition) is 2. The summed E-state index contributed by atoms with van der Waals surface area (Å²) in [5.41, 5.74) is 0. The second kappa shape index (κ2) is 7.42. The highest BCUT2D eigenvalue weighted by atomic mass is 16.6. The fourth-order valence-electron chi connectivity index (χ4n) is 3.02. The van der Waals surface area contributed by atoms with Gasteiger partial charge in [-0.15, -0.1) is 0 Å². The Morgan fingerprint density at radius 2 is 2.19 bits per heavy atom. The minimum atomic E-state index is 0.0979. The van der Waals surface area contributed by atoms with Crippen LogP contribution in [0, 0.1) is 0 Å². The average molecular weight is 296 g/mol. The Morgan fingerprint density at radius 3 is 2.90 bits per heavy atom. The molecule has 120 valence electrons. The van der Waals surface area contributed by atoms with Gasteiger partial charge in [-0.1, -0.05) is 0 Å². The maximum absolute atomic E-state index is 5.64. The highest BCUT2D eigenvalue weighted by molar-refractivity contribution is 5.80. The van der Waals surface area contributed by atoms with Crippen LogP contribution in [0.3, 0.4) is 0 Å². The van der Waals surface area contributed by atoms with Gasteiger partial charge in [-0.25, -0.2) is 0 Å². The van der Waals surface area contributed by atoms with Crippen molar-refractivity contribution in [2.45, 2.75) is 44.4 Å². The summed E-state index contributed by atoms with van der Waals surface area (Å²) in [6.45, 7) is 8.06. The molecule has 0 aromatic rings. The van der Waals surface area contributed by atoms with E-state index >= 15 is 0 Å². The van der Waals surface area contributed by atoms with Gasteiger partial charge in [-0.2, -0.15) is 0 Å². The van der Waals surface area contributed by atoms with Crippen LogP contribution in [0.15, 0.2) is 4.99 Å². The van der Waals surface area contributed by atoms with Crippen molar-refractivity contribution >= 4 is 5.96 Å². The first-order chi connectivity index (χ1) is 10.3. The van der Waals surface area contributed by atoms with Gasteiger partial charge in [0, 0.05) is 31.7 Å². The predicted molar refractivity (Wildman–Crippen MR) is 82.7 cm³/mol. The standard InChI is InChI=1S/C15H28N4O2/c1-2-16-15(17-9-14-11-20-7-8-21-14)18-12-5-6-19(10-12)13-3-4-13/h12-14H,2-11H2,1H3,(H2,16,17,18). The maximum Gasteiger partial charge on any atom is 0.191 e. The molecular weight excluding hydrogens is 268 g/mol. The molecule has 21 heavy (non-hydrogen) atoms.